The van der Waals surface area contributed by atoms with E-state index >= 15 is 0 Å². The van der Waals surface area contributed by atoms with Gasteiger partial charge in [-0.15, -0.1) is 0 Å². The fraction of sp³-hybridized carbons (Fsp3) is 0.364. The van der Waals surface area contributed by atoms with Gasteiger partial charge < -0.3 is 5.73 Å². The van der Waals surface area contributed by atoms with Gasteiger partial charge in [0.15, 0.2) is 5.78 Å². The number of carbonyl (C=O) groups is 2. The molecule has 0 spiro atoms. The molecule has 4 nitrogen and oxygen atoms in total. The van der Waals surface area contributed by atoms with E-state index in [1.54, 1.807) is 0 Å². The summed E-state index contributed by atoms with van der Waals surface area (Å²) < 4.78 is 0. The molecule has 3 unspecified atom stereocenters. The maximum atomic E-state index is 13.2. The molecule has 0 aliphatic carbocycles. The van der Waals surface area contributed by atoms with Crippen LogP contribution in [0.15, 0.2) is 60.7 Å². The number of hydrogen-bond donors (Lipinski definition) is 1. The van der Waals surface area contributed by atoms with Crippen molar-refractivity contribution in [1.82, 2.24) is 4.90 Å². The Kier molecular flexibility index (Phi) is 4.60. The average Bonchev–Trinajstić information content (AvgIpc) is 2.68. The quantitative estimate of drug-likeness (QED) is 0.904. The standard InChI is InChI=1S/C22H24N2O2/c23-22(26)19(16-9-5-2-6-10-16)18(15-7-3-1-4-8-15)20-21(25)17-11-13-24(20)14-12-17/h1-10,17-20H,11-14H2,(H2,23,26). The predicted octanol–water partition coefficient (Wildman–Crippen LogP) is 2.70. The number of hydrogen-bond acceptors (Lipinski definition) is 3. The molecule has 3 aliphatic heterocycles. The van der Waals surface area contributed by atoms with Gasteiger partial charge in [0.2, 0.25) is 5.91 Å². The second-order valence-corrected chi connectivity index (χ2v) is 7.38. The van der Waals surface area contributed by atoms with Gasteiger partial charge in [-0.05, 0) is 37.1 Å². The number of carbonyl (C=O) groups excluding carboxylic acids is 2. The Morgan fingerprint density at radius 2 is 1.46 bits per heavy atom. The van der Waals surface area contributed by atoms with Gasteiger partial charge in [0, 0.05) is 11.8 Å². The van der Waals surface area contributed by atoms with Crippen LogP contribution in [-0.2, 0) is 9.59 Å². The Bertz CT molecular complexity index is 782. The van der Waals surface area contributed by atoms with E-state index in [1.165, 1.54) is 0 Å². The number of amides is 1. The van der Waals surface area contributed by atoms with E-state index in [1.807, 2.05) is 60.7 Å². The van der Waals surface area contributed by atoms with Crippen molar-refractivity contribution in [2.45, 2.75) is 30.7 Å². The molecule has 3 atom stereocenters. The van der Waals surface area contributed by atoms with E-state index in [4.69, 9.17) is 5.73 Å². The van der Waals surface area contributed by atoms with Crippen LogP contribution in [-0.4, -0.2) is 35.7 Å². The predicted molar refractivity (Wildman–Crippen MR) is 101 cm³/mol. The van der Waals surface area contributed by atoms with E-state index in [-0.39, 0.29) is 29.6 Å². The average molecular weight is 348 g/mol. The number of rotatable bonds is 5. The van der Waals surface area contributed by atoms with Gasteiger partial charge >= 0.3 is 0 Å². The molecule has 1 amide bonds. The molecule has 134 valence electrons. The first-order valence-corrected chi connectivity index (χ1v) is 9.34. The molecule has 3 fully saturated rings. The summed E-state index contributed by atoms with van der Waals surface area (Å²) in [6.07, 6.45) is 1.87. The van der Waals surface area contributed by atoms with Crippen molar-refractivity contribution in [3.8, 4) is 0 Å². The fourth-order valence-corrected chi connectivity index (χ4v) is 4.73. The zero-order valence-electron chi connectivity index (χ0n) is 14.8. The van der Waals surface area contributed by atoms with Crippen molar-refractivity contribution in [2.75, 3.05) is 13.1 Å². The van der Waals surface area contributed by atoms with Crippen LogP contribution in [0.3, 0.4) is 0 Å². The SMILES string of the molecule is NC(=O)C(c1ccccc1)C(c1ccccc1)C1C(=O)C2CCN1CC2. The third-order valence-corrected chi connectivity index (χ3v) is 5.97. The minimum absolute atomic E-state index is 0.125. The lowest BCUT2D eigenvalue weighted by molar-refractivity contribution is -0.139. The van der Waals surface area contributed by atoms with Crippen LogP contribution in [0.2, 0.25) is 0 Å². The number of nitrogens with two attached hydrogens (primary N) is 1. The number of benzene rings is 2. The molecule has 3 saturated heterocycles. The van der Waals surface area contributed by atoms with Crippen molar-refractivity contribution in [3.63, 3.8) is 0 Å². The number of fused-ring (bicyclic) bond motifs is 3. The van der Waals surface area contributed by atoms with Crippen LogP contribution < -0.4 is 5.73 Å². The molecule has 2 aromatic rings. The summed E-state index contributed by atoms with van der Waals surface area (Å²) in [5.41, 5.74) is 7.77. The summed E-state index contributed by atoms with van der Waals surface area (Å²) in [5.74, 6) is -0.752. The highest BCUT2D eigenvalue weighted by Crippen LogP contribution is 2.43. The molecular weight excluding hydrogens is 324 g/mol. The molecular formula is C22H24N2O2. The maximum Gasteiger partial charge on any atom is 0.225 e. The van der Waals surface area contributed by atoms with Gasteiger partial charge in [-0.3, -0.25) is 14.5 Å². The normalized spacial score (nSPS) is 27.1. The van der Waals surface area contributed by atoms with Crippen molar-refractivity contribution >= 4 is 11.7 Å². The lowest BCUT2D eigenvalue weighted by Gasteiger charge is -2.48. The summed E-state index contributed by atoms with van der Waals surface area (Å²) in [6.45, 7) is 1.84. The zero-order valence-corrected chi connectivity index (χ0v) is 14.8. The highest BCUT2D eigenvalue weighted by molar-refractivity contribution is 5.91. The molecule has 3 aliphatic rings. The second-order valence-electron chi connectivity index (χ2n) is 7.38. The zero-order chi connectivity index (χ0) is 18.1. The van der Waals surface area contributed by atoms with E-state index in [0.29, 0.717) is 0 Å². The van der Waals surface area contributed by atoms with Crippen LogP contribution >= 0.6 is 0 Å². The number of piperidine rings is 3. The van der Waals surface area contributed by atoms with Gasteiger partial charge in [-0.2, -0.15) is 0 Å². The number of primary amides is 1. The first-order chi connectivity index (χ1) is 12.7. The Labute approximate surface area is 154 Å². The summed E-state index contributed by atoms with van der Waals surface area (Å²) in [6, 6.07) is 19.3. The number of ketones is 1. The van der Waals surface area contributed by atoms with Gasteiger partial charge in [0.25, 0.3) is 0 Å². The van der Waals surface area contributed by atoms with E-state index < -0.39 is 5.92 Å². The monoisotopic (exact) mass is 348 g/mol. The summed E-state index contributed by atoms with van der Waals surface area (Å²) in [7, 11) is 0. The smallest absolute Gasteiger partial charge is 0.225 e. The van der Waals surface area contributed by atoms with Crippen LogP contribution in [0, 0.1) is 5.92 Å². The maximum absolute atomic E-state index is 13.2. The molecule has 2 aromatic carbocycles. The van der Waals surface area contributed by atoms with Gasteiger partial charge in [0.1, 0.15) is 0 Å². The van der Waals surface area contributed by atoms with E-state index in [2.05, 4.69) is 4.90 Å². The van der Waals surface area contributed by atoms with Crippen LogP contribution in [0.4, 0.5) is 0 Å². The first-order valence-electron chi connectivity index (χ1n) is 9.34. The van der Waals surface area contributed by atoms with E-state index in [0.717, 1.165) is 37.1 Å². The third kappa shape index (κ3) is 2.95. The molecule has 0 aromatic heterocycles. The summed E-state index contributed by atoms with van der Waals surface area (Å²) in [5, 5.41) is 0. The summed E-state index contributed by atoms with van der Waals surface area (Å²) >= 11 is 0. The third-order valence-electron chi connectivity index (χ3n) is 5.97. The van der Waals surface area contributed by atoms with Gasteiger partial charge in [-0.1, -0.05) is 60.7 Å². The molecule has 2 N–H and O–H groups in total. The molecule has 5 rings (SSSR count). The topological polar surface area (TPSA) is 63.4 Å². The summed E-state index contributed by atoms with van der Waals surface area (Å²) in [4.78, 5) is 28.0. The molecule has 0 radical (unpaired) electrons. The molecule has 0 saturated carbocycles. The number of nitrogens with zero attached hydrogens (tertiary/aromatic N) is 1. The van der Waals surface area contributed by atoms with E-state index in [9.17, 15) is 9.59 Å². The minimum Gasteiger partial charge on any atom is -0.369 e. The van der Waals surface area contributed by atoms with Crippen LogP contribution in [0.5, 0.6) is 0 Å². The second kappa shape index (κ2) is 7.04. The van der Waals surface area contributed by atoms with Crippen molar-refractivity contribution in [2.24, 2.45) is 11.7 Å². The minimum atomic E-state index is -0.521. The first kappa shape index (κ1) is 17.0. The fourth-order valence-electron chi connectivity index (χ4n) is 4.73. The van der Waals surface area contributed by atoms with Crippen molar-refractivity contribution in [3.05, 3.63) is 71.8 Å². The van der Waals surface area contributed by atoms with Crippen molar-refractivity contribution in [1.29, 1.82) is 0 Å². The van der Waals surface area contributed by atoms with Gasteiger partial charge in [-0.25, -0.2) is 0 Å². The lowest BCUT2D eigenvalue weighted by Crippen LogP contribution is -2.59. The molecule has 4 heteroatoms. The molecule has 26 heavy (non-hydrogen) atoms. The highest BCUT2D eigenvalue weighted by atomic mass is 16.1. The molecule has 3 heterocycles. The number of Topliss-reactive ketones (excluding diaryl/α,β-unsaturated/α-hetero) is 1. The van der Waals surface area contributed by atoms with Crippen molar-refractivity contribution < 1.29 is 9.59 Å². The Balaban J connectivity index is 1.83. The molecule has 2 bridgehead atoms. The van der Waals surface area contributed by atoms with Crippen LogP contribution in [0.1, 0.15) is 35.8 Å². The lowest BCUT2D eigenvalue weighted by atomic mass is 9.69. The Morgan fingerprint density at radius 3 is 1.96 bits per heavy atom. The van der Waals surface area contributed by atoms with Crippen LogP contribution in [0.25, 0.3) is 0 Å². The Morgan fingerprint density at radius 1 is 0.923 bits per heavy atom. The Hall–Kier alpha value is -2.46. The highest BCUT2D eigenvalue weighted by Gasteiger charge is 2.48. The largest absolute Gasteiger partial charge is 0.369 e. The van der Waals surface area contributed by atoms with Gasteiger partial charge in [0.05, 0.1) is 12.0 Å².